The number of pyridine rings is 1. The van der Waals surface area contributed by atoms with Crippen molar-refractivity contribution >= 4 is 10.1 Å². The predicted octanol–water partition coefficient (Wildman–Crippen LogP) is -1.02. The summed E-state index contributed by atoms with van der Waals surface area (Å²) in [5.74, 6) is 0. The number of hydrogen-bond acceptors (Lipinski definition) is 4. The Morgan fingerprint density at radius 2 is 1.50 bits per heavy atom. The van der Waals surface area contributed by atoms with Gasteiger partial charge in [-0.25, -0.2) is 8.42 Å². The predicted molar refractivity (Wildman–Crippen MR) is 63.4 cm³/mol. The van der Waals surface area contributed by atoms with Crippen LogP contribution in [0.15, 0.2) is 59.8 Å². The minimum Gasteiger partial charge on any atom is -0.744 e. The first-order chi connectivity index (χ1) is 8.00. The normalized spacial score (nSPS) is 9.67. The van der Waals surface area contributed by atoms with Crippen molar-refractivity contribution in [3.63, 3.8) is 0 Å². The van der Waals surface area contributed by atoms with Gasteiger partial charge in [0.1, 0.15) is 10.1 Å². The van der Waals surface area contributed by atoms with Crippen molar-refractivity contribution in [3.8, 4) is 0 Å². The summed E-state index contributed by atoms with van der Waals surface area (Å²) in [7, 11) is -4.27. The van der Waals surface area contributed by atoms with Crippen LogP contribution in [0.25, 0.3) is 0 Å². The van der Waals surface area contributed by atoms with Gasteiger partial charge in [-0.2, -0.15) is 0 Å². The molecule has 0 saturated carbocycles. The molecule has 0 aliphatic heterocycles. The van der Waals surface area contributed by atoms with E-state index in [-0.39, 0.29) is 34.5 Å². The molecule has 0 unspecified atom stereocenters. The first-order valence-electron chi connectivity index (χ1n) is 4.88. The maximum atomic E-state index is 10.4. The van der Waals surface area contributed by atoms with Crippen molar-refractivity contribution in [1.29, 1.82) is 0 Å². The third-order valence-electron chi connectivity index (χ3n) is 1.88. The molecule has 0 fully saturated rings. The fourth-order valence-corrected chi connectivity index (χ4v) is 1.49. The van der Waals surface area contributed by atoms with Gasteiger partial charge in [0.25, 0.3) is 0 Å². The number of benzene rings is 1. The average Bonchev–Trinajstić information content (AvgIpc) is 2.31. The van der Waals surface area contributed by atoms with Crippen LogP contribution < -0.4 is 29.6 Å². The van der Waals surface area contributed by atoms with Crippen LogP contribution in [-0.2, 0) is 10.1 Å². The van der Waals surface area contributed by atoms with Crippen molar-refractivity contribution < 1.29 is 42.5 Å². The second-order valence-electron chi connectivity index (χ2n) is 3.29. The van der Waals surface area contributed by atoms with Crippen LogP contribution in [0.3, 0.4) is 0 Å². The Hall–Kier alpha value is -0.720. The zero-order valence-corrected chi connectivity index (χ0v) is 13.1. The van der Waals surface area contributed by atoms with Gasteiger partial charge in [-0.3, -0.25) is 4.98 Å². The van der Waals surface area contributed by atoms with Gasteiger partial charge in [-0.05, 0) is 31.2 Å². The molecule has 0 amide bonds. The number of rotatable bonds is 1. The van der Waals surface area contributed by atoms with E-state index < -0.39 is 10.1 Å². The topological polar surface area (TPSA) is 70.1 Å². The molecular formula is C12H12NNaO3S. The minimum absolute atomic E-state index is 0. The summed E-state index contributed by atoms with van der Waals surface area (Å²) in [4.78, 5) is 3.61. The van der Waals surface area contributed by atoms with Crippen molar-refractivity contribution in [2.75, 3.05) is 0 Å². The molecule has 2 aromatic rings. The minimum atomic E-state index is -4.27. The number of nitrogens with zero attached hydrogens (tertiary/aromatic N) is 1. The van der Waals surface area contributed by atoms with E-state index >= 15 is 0 Å². The fraction of sp³-hybridized carbons (Fsp3) is 0.0833. The zero-order chi connectivity index (χ0) is 12.7. The van der Waals surface area contributed by atoms with E-state index in [2.05, 4.69) is 4.98 Å². The van der Waals surface area contributed by atoms with E-state index in [0.717, 1.165) is 5.56 Å². The molecule has 0 saturated heterocycles. The van der Waals surface area contributed by atoms with Gasteiger partial charge in [0.2, 0.25) is 0 Å². The molecule has 0 atom stereocenters. The SMILES string of the molecule is Cc1ccc(S(=O)(=O)[O-])cc1.[Na+].c1ccncc1. The van der Waals surface area contributed by atoms with Gasteiger partial charge in [0.05, 0.1) is 4.90 Å². The van der Waals surface area contributed by atoms with Crippen molar-refractivity contribution in [3.05, 3.63) is 60.4 Å². The van der Waals surface area contributed by atoms with E-state index in [9.17, 15) is 13.0 Å². The fourth-order valence-electron chi connectivity index (χ4n) is 1.02. The Morgan fingerprint density at radius 3 is 1.78 bits per heavy atom. The standard InChI is InChI=1S/C7H8O3S.C5H5N.Na/c1-6-2-4-7(5-3-6)11(8,9)10;1-2-4-6-5-3-1;/h2-5H,1H3,(H,8,9,10);1-5H;/q;;+1/p-1. The van der Waals surface area contributed by atoms with E-state index in [0.29, 0.717) is 0 Å². The van der Waals surface area contributed by atoms with Crippen molar-refractivity contribution in [2.24, 2.45) is 0 Å². The smallest absolute Gasteiger partial charge is 0.744 e. The molecule has 1 aromatic heterocycles. The largest absolute Gasteiger partial charge is 1.00 e. The number of aryl methyl sites for hydroxylation is 1. The molecule has 18 heavy (non-hydrogen) atoms. The van der Waals surface area contributed by atoms with E-state index in [1.807, 2.05) is 25.1 Å². The third-order valence-corrected chi connectivity index (χ3v) is 2.73. The molecule has 0 aliphatic carbocycles. The zero-order valence-electron chi connectivity index (χ0n) is 10.3. The van der Waals surface area contributed by atoms with Crippen LogP contribution in [-0.4, -0.2) is 18.0 Å². The molecule has 2 rings (SSSR count). The van der Waals surface area contributed by atoms with E-state index in [1.54, 1.807) is 24.5 Å². The second kappa shape index (κ2) is 8.39. The van der Waals surface area contributed by atoms with Gasteiger partial charge in [-0.15, -0.1) is 0 Å². The Bertz CT molecular complexity index is 515. The molecule has 1 heterocycles. The molecule has 90 valence electrons. The Balaban J connectivity index is 0.000000352. The Labute approximate surface area is 129 Å². The quantitative estimate of drug-likeness (QED) is 0.493. The number of aromatic nitrogens is 1. The number of hydrogen-bond donors (Lipinski definition) is 0. The molecule has 6 heteroatoms. The maximum Gasteiger partial charge on any atom is 1.00 e. The van der Waals surface area contributed by atoms with Gasteiger partial charge >= 0.3 is 29.6 Å². The van der Waals surface area contributed by atoms with Gasteiger partial charge in [0, 0.05) is 12.4 Å². The van der Waals surface area contributed by atoms with E-state index in [1.165, 1.54) is 12.1 Å². The molecule has 0 radical (unpaired) electrons. The van der Waals surface area contributed by atoms with Crippen LogP contribution in [0.1, 0.15) is 5.56 Å². The summed E-state index contributed by atoms with van der Waals surface area (Å²) in [6.45, 7) is 1.82. The average molecular weight is 273 g/mol. The van der Waals surface area contributed by atoms with Crippen LogP contribution in [0.4, 0.5) is 0 Å². The summed E-state index contributed by atoms with van der Waals surface area (Å²) in [5, 5.41) is 0. The van der Waals surface area contributed by atoms with Gasteiger partial charge in [-0.1, -0.05) is 23.8 Å². The van der Waals surface area contributed by atoms with Gasteiger partial charge in [0.15, 0.2) is 0 Å². The van der Waals surface area contributed by atoms with Gasteiger partial charge < -0.3 is 4.55 Å². The third kappa shape index (κ3) is 6.88. The molecule has 0 bridgehead atoms. The second-order valence-corrected chi connectivity index (χ2v) is 4.67. The summed E-state index contributed by atoms with van der Waals surface area (Å²) in [5.41, 5.74) is 0.928. The Morgan fingerprint density at radius 1 is 1.00 bits per heavy atom. The first kappa shape index (κ1) is 17.3. The maximum absolute atomic E-state index is 10.4. The Kier molecular flexibility index (Phi) is 8.06. The van der Waals surface area contributed by atoms with Crippen molar-refractivity contribution in [2.45, 2.75) is 11.8 Å². The molecule has 0 spiro atoms. The first-order valence-corrected chi connectivity index (χ1v) is 6.28. The van der Waals surface area contributed by atoms with Crippen molar-refractivity contribution in [1.82, 2.24) is 4.98 Å². The molecular weight excluding hydrogens is 261 g/mol. The summed E-state index contributed by atoms with van der Waals surface area (Å²) < 4.78 is 31.2. The van der Waals surface area contributed by atoms with E-state index in [4.69, 9.17) is 0 Å². The van der Waals surface area contributed by atoms with Crippen LogP contribution in [0.2, 0.25) is 0 Å². The molecule has 4 nitrogen and oxygen atoms in total. The molecule has 1 aromatic carbocycles. The van der Waals surface area contributed by atoms with Crippen LogP contribution >= 0.6 is 0 Å². The summed E-state index contributed by atoms with van der Waals surface area (Å²) in [6, 6.07) is 11.5. The van der Waals surface area contributed by atoms with Crippen LogP contribution in [0, 0.1) is 6.92 Å². The monoisotopic (exact) mass is 273 g/mol. The molecule has 0 N–H and O–H groups in total. The molecule has 0 aliphatic rings. The summed E-state index contributed by atoms with van der Waals surface area (Å²) >= 11 is 0. The summed E-state index contributed by atoms with van der Waals surface area (Å²) in [6.07, 6.45) is 3.50. The van der Waals surface area contributed by atoms with Crippen LogP contribution in [0.5, 0.6) is 0 Å².